The zero-order valence-corrected chi connectivity index (χ0v) is 8.78. The van der Waals surface area contributed by atoms with Crippen molar-refractivity contribution in [1.29, 1.82) is 0 Å². The summed E-state index contributed by atoms with van der Waals surface area (Å²) >= 11 is 5.14. The lowest BCUT2D eigenvalue weighted by molar-refractivity contribution is -0.122. The fourth-order valence-corrected chi connectivity index (χ4v) is 1.57. The topological polar surface area (TPSA) is 20.3 Å². The molecule has 0 saturated heterocycles. The number of carbonyl (C=O) groups is 1. The van der Waals surface area contributed by atoms with Crippen molar-refractivity contribution in [3.63, 3.8) is 0 Å². The van der Waals surface area contributed by atoms with Crippen LogP contribution in [-0.4, -0.2) is 22.3 Å². The summed E-state index contributed by atoms with van der Waals surface area (Å²) in [6.07, 6.45) is 2.57. The van der Waals surface area contributed by atoms with E-state index in [4.69, 9.17) is 12.2 Å². The summed E-state index contributed by atoms with van der Waals surface area (Å²) in [7, 11) is 0. The zero-order chi connectivity index (χ0) is 10.0. The summed E-state index contributed by atoms with van der Waals surface area (Å²) in [6.45, 7) is 7.97. The van der Waals surface area contributed by atoms with E-state index in [9.17, 15) is 4.79 Å². The van der Waals surface area contributed by atoms with Gasteiger partial charge < -0.3 is 0 Å². The second-order valence-electron chi connectivity index (χ2n) is 3.09. The first-order valence-electron chi connectivity index (χ1n) is 4.24. The van der Waals surface area contributed by atoms with E-state index < -0.39 is 0 Å². The molecule has 1 heterocycles. The maximum absolute atomic E-state index is 11.6. The Kier molecular flexibility index (Phi) is 2.98. The van der Waals surface area contributed by atoms with E-state index >= 15 is 0 Å². The van der Waals surface area contributed by atoms with Crippen molar-refractivity contribution >= 4 is 23.1 Å². The van der Waals surface area contributed by atoms with Gasteiger partial charge in [-0.15, -0.1) is 6.58 Å². The van der Waals surface area contributed by atoms with Crippen LogP contribution in [0.3, 0.4) is 0 Å². The first-order valence-corrected chi connectivity index (χ1v) is 4.65. The van der Waals surface area contributed by atoms with Gasteiger partial charge in [0.15, 0.2) is 0 Å². The van der Waals surface area contributed by atoms with E-state index in [-0.39, 0.29) is 5.91 Å². The molecule has 0 aliphatic carbocycles. The summed E-state index contributed by atoms with van der Waals surface area (Å²) in [4.78, 5) is 13.9. The smallest absolute Gasteiger partial charge is 0.254 e. The van der Waals surface area contributed by atoms with Crippen LogP contribution < -0.4 is 0 Å². The lowest BCUT2D eigenvalue weighted by Crippen LogP contribution is -2.31. The van der Waals surface area contributed by atoms with Gasteiger partial charge in [-0.2, -0.15) is 0 Å². The van der Waals surface area contributed by atoms with Gasteiger partial charge in [0.05, 0.1) is 0 Å². The van der Waals surface area contributed by atoms with Gasteiger partial charge in [-0.3, -0.25) is 9.69 Å². The van der Waals surface area contributed by atoms with Crippen LogP contribution in [0.15, 0.2) is 23.8 Å². The van der Waals surface area contributed by atoms with Gasteiger partial charge in [0, 0.05) is 12.1 Å². The quantitative estimate of drug-likeness (QED) is 0.507. The number of hydrogen-bond acceptors (Lipinski definition) is 2. The van der Waals surface area contributed by atoms with Crippen molar-refractivity contribution in [1.82, 2.24) is 4.90 Å². The van der Waals surface area contributed by atoms with Gasteiger partial charge in [-0.1, -0.05) is 18.3 Å². The molecule has 1 aliphatic rings. The number of nitrogens with zero attached hydrogens (tertiary/aromatic N) is 1. The molecule has 0 radical (unpaired) electrons. The first-order chi connectivity index (χ1) is 6.09. The van der Waals surface area contributed by atoms with Crippen LogP contribution in [0.5, 0.6) is 0 Å². The molecular formula is C10H13NOS. The highest BCUT2D eigenvalue weighted by atomic mass is 32.1. The molecule has 70 valence electrons. The molecule has 13 heavy (non-hydrogen) atoms. The highest BCUT2D eigenvalue weighted by Crippen LogP contribution is 2.21. The minimum absolute atomic E-state index is 0.0457. The number of carbonyl (C=O) groups excluding carboxylic acids is 1. The molecule has 0 spiro atoms. The van der Waals surface area contributed by atoms with Crippen LogP contribution in [0.1, 0.15) is 20.3 Å². The normalized spacial score (nSPS) is 17.2. The molecule has 1 amide bonds. The standard InChI is InChI=1S/C10H13NOS/c1-4-5-6-11-9(12)7(2)8(3)10(11)13/h4H,1,5-6H2,2-3H3. The average Bonchev–Trinajstić information content (AvgIpc) is 2.30. The van der Waals surface area contributed by atoms with Crippen molar-refractivity contribution < 1.29 is 4.79 Å². The van der Waals surface area contributed by atoms with Crippen LogP contribution in [0.4, 0.5) is 0 Å². The fraction of sp³-hybridized carbons (Fsp3) is 0.400. The van der Waals surface area contributed by atoms with E-state index in [2.05, 4.69) is 6.58 Å². The predicted octanol–water partition coefficient (Wildman–Crippen LogP) is 2.07. The zero-order valence-electron chi connectivity index (χ0n) is 7.96. The summed E-state index contributed by atoms with van der Waals surface area (Å²) in [5, 5.41) is 0. The van der Waals surface area contributed by atoms with Crippen molar-refractivity contribution in [2.45, 2.75) is 20.3 Å². The maximum Gasteiger partial charge on any atom is 0.254 e. The molecule has 0 N–H and O–H groups in total. The van der Waals surface area contributed by atoms with Crippen LogP contribution in [0.25, 0.3) is 0 Å². The lowest BCUT2D eigenvalue weighted by Gasteiger charge is -2.15. The second kappa shape index (κ2) is 3.83. The molecule has 0 aromatic rings. The number of thiocarbonyl (C=S) groups is 1. The molecule has 1 aliphatic heterocycles. The Hall–Kier alpha value is -0.960. The Morgan fingerprint density at radius 1 is 1.46 bits per heavy atom. The summed E-state index contributed by atoms with van der Waals surface area (Å²) in [6, 6.07) is 0. The van der Waals surface area contributed by atoms with Crippen LogP contribution in [0, 0.1) is 0 Å². The Bertz CT molecular complexity index is 280. The number of hydrogen-bond donors (Lipinski definition) is 0. The highest BCUT2D eigenvalue weighted by molar-refractivity contribution is 7.80. The minimum Gasteiger partial charge on any atom is -0.299 e. The van der Waals surface area contributed by atoms with Crippen LogP contribution in [0.2, 0.25) is 0 Å². The average molecular weight is 195 g/mol. The second-order valence-corrected chi connectivity index (χ2v) is 3.48. The fourth-order valence-electron chi connectivity index (χ4n) is 1.24. The molecule has 0 fully saturated rings. The third-order valence-electron chi connectivity index (χ3n) is 2.25. The molecule has 0 unspecified atom stereocenters. The van der Waals surface area contributed by atoms with E-state index in [1.54, 1.807) is 11.0 Å². The van der Waals surface area contributed by atoms with Gasteiger partial charge in [-0.25, -0.2) is 0 Å². The molecular weight excluding hydrogens is 182 g/mol. The summed E-state index contributed by atoms with van der Waals surface area (Å²) in [5.41, 5.74) is 1.71. The van der Waals surface area contributed by atoms with Gasteiger partial charge in [0.25, 0.3) is 5.91 Å². The predicted molar refractivity (Wildman–Crippen MR) is 57.5 cm³/mol. The Morgan fingerprint density at radius 2 is 2.08 bits per heavy atom. The Morgan fingerprint density at radius 3 is 2.46 bits per heavy atom. The van der Waals surface area contributed by atoms with Crippen LogP contribution in [-0.2, 0) is 4.79 Å². The summed E-state index contributed by atoms with van der Waals surface area (Å²) in [5.74, 6) is 0.0457. The first kappa shape index (κ1) is 10.1. The molecule has 1 rings (SSSR count). The Balaban J connectivity index is 2.78. The molecule has 0 saturated carbocycles. The van der Waals surface area contributed by atoms with Gasteiger partial charge in [0.2, 0.25) is 0 Å². The molecule has 0 atom stereocenters. The summed E-state index contributed by atoms with van der Waals surface area (Å²) < 4.78 is 0. The van der Waals surface area contributed by atoms with Crippen molar-refractivity contribution in [3.05, 3.63) is 23.8 Å². The van der Waals surface area contributed by atoms with Crippen molar-refractivity contribution in [2.24, 2.45) is 0 Å². The third-order valence-corrected chi connectivity index (χ3v) is 2.78. The molecule has 0 aromatic carbocycles. The molecule has 0 bridgehead atoms. The van der Waals surface area contributed by atoms with E-state index in [0.29, 0.717) is 11.5 Å². The van der Waals surface area contributed by atoms with Gasteiger partial charge >= 0.3 is 0 Å². The number of amides is 1. The van der Waals surface area contributed by atoms with Gasteiger partial charge in [-0.05, 0) is 25.8 Å². The monoisotopic (exact) mass is 195 g/mol. The number of rotatable bonds is 3. The maximum atomic E-state index is 11.6. The SMILES string of the molecule is C=CCCN1C(=O)C(C)=C(C)C1=S. The minimum atomic E-state index is 0.0457. The largest absolute Gasteiger partial charge is 0.299 e. The lowest BCUT2D eigenvalue weighted by atomic mass is 10.2. The van der Waals surface area contributed by atoms with E-state index in [1.807, 2.05) is 13.8 Å². The van der Waals surface area contributed by atoms with Crippen LogP contribution >= 0.6 is 12.2 Å². The Labute approximate surface area is 83.9 Å². The van der Waals surface area contributed by atoms with Crippen molar-refractivity contribution in [3.8, 4) is 0 Å². The molecule has 3 heteroatoms. The van der Waals surface area contributed by atoms with E-state index in [0.717, 1.165) is 17.6 Å². The van der Waals surface area contributed by atoms with E-state index in [1.165, 1.54) is 0 Å². The highest BCUT2D eigenvalue weighted by Gasteiger charge is 2.28. The molecule has 0 aromatic heterocycles. The molecule has 2 nitrogen and oxygen atoms in total. The third kappa shape index (κ3) is 1.70. The van der Waals surface area contributed by atoms with Crippen molar-refractivity contribution in [2.75, 3.05) is 6.54 Å². The van der Waals surface area contributed by atoms with Gasteiger partial charge in [0.1, 0.15) is 4.99 Å².